The third-order valence-corrected chi connectivity index (χ3v) is 2.20. The number of hydrogen-bond donors (Lipinski definition) is 3. The fourth-order valence-corrected chi connectivity index (χ4v) is 1.53. The molecule has 2 rings (SSSR count). The number of alkyl halides is 3. The van der Waals surface area contributed by atoms with Crippen LogP contribution in [0.25, 0.3) is 11.4 Å². The summed E-state index contributed by atoms with van der Waals surface area (Å²) in [4.78, 5) is 10.8. The van der Waals surface area contributed by atoms with Crippen LogP contribution in [0.4, 0.5) is 23.7 Å². The van der Waals surface area contributed by atoms with E-state index in [0.717, 1.165) is 12.1 Å². The van der Waals surface area contributed by atoms with Crippen molar-refractivity contribution in [2.45, 2.75) is 6.18 Å². The highest BCUT2D eigenvalue weighted by Crippen LogP contribution is 2.39. The predicted octanol–water partition coefficient (Wildman–Crippen LogP) is 1.38. The van der Waals surface area contributed by atoms with E-state index in [4.69, 9.17) is 5.73 Å². The highest BCUT2D eigenvalue weighted by atomic mass is 19.4. The monoisotopic (exact) mass is 272 g/mol. The average molecular weight is 272 g/mol. The highest BCUT2D eigenvalue weighted by Gasteiger charge is 2.36. The smallest absolute Gasteiger partial charge is 0.351 e. The van der Waals surface area contributed by atoms with Crippen molar-refractivity contribution < 1.29 is 18.0 Å². The lowest BCUT2D eigenvalue weighted by Crippen LogP contribution is -2.21. The molecular weight excluding hydrogens is 265 g/mol. The maximum Gasteiger partial charge on any atom is 0.417 e. The molecule has 4 N–H and O–H groups in total. The Balaban J connectivity index is 2.66. The molecular formula is C9H7F3N6O. The zero-order valence-electron chi connectivity index (χ0n) is 9.19. The third kappa shape index (κ3) is 2.61. The van der Waals surface area contributed by atoms with Crippen LogP contribution < -0.4 is 11.1 Å². The molecule has 0 aliphatic rings. The number of carbonyl (C=O) groups excluding carboxylic acids is 1. The van der Waals surface area contributed by atoms with E-state index in [9.17, 15) is 18.0 Å². The van der Waals surface area contributed by atoms with Gasteiger partial charge in [-0.25, -0.2) is 4.79 Å². The van der Waals surface area contributed by atoms with Crippen molar-refractivity contribution in [2.24, 2.45) is 5.73 Å². The number of primary amides is 1. The molecule has 2 aromatic rings. The van der Waals surface area contributed by atoms with Gasteiger partial charge in [-0.05, 0) is 17.3 Å². The van der Waals surface area contributed by atoms with E-state index in [1.807, 2.05) is 0 Å². The first-order valence-corrected chi connectivity index (χ1v) is 4.90. The first-order chi connectivity index (χ1) is 8.89. The van der Waals surface area contributed by atoms with Crippen LogP contribution in [0, 0.1) is 0 Å². The van der Waals surface area contributed by atoms with Crippen molar-refractivity contribution in [1.82, 2.24) is 20.6 Å². The van der Waals surface area contributed by atoms with Crippen molar-refractivity contribution in [1.29, 1.82) is 0 Å². The number of aromatic nitrogens is 4. The molecule has 0 spiro atoms. The van der Waals surface area contributed by atoms with Crippen LogP contribution in [-0.2, 0) is 6.18 Å². The number of rotatable bonds is 2. The van der Waals surface area contributed by atoms with Gasteiger partial charge < -0.3 is 11.1 Å². The van der Waals surface area contributed by atoms with E-state index in [1.54, 1.807) is 0 Å². The van der Waals surface area contributed by atoms with Crippen molar-refractivity contribution in [3.63, 3.8) is 0 Å². The summed E-state index contributed by atoms with van der Waals surface area (Å²) in [6.07, 6.45) is -4.63. The molecule has 2 amide bonds. The van der Waals surface area contributed by atoms with E-state index >= 15 is 0 Å². The quantitative estimate of drug-likeness (QED) is 0.766. The summed E-state index contributed by atoms with van der Waals surface area (Å²) in [7, 11) is 0. The lowest BCUT2D eigenvalue weighted by molar-refractivity contribution is -0.137. The first kappa shape index (κ1) is 12.8. The minimum atomic E-state index is -4.63. The summed E-state index contributed by atoms with van der Waals surface area (Å²) in [5.41, 5.74) is 3.36. The molecule has 0 aliphatic carbocycles. The van der Waals surface area contributed by atoms with Crippen molar-refractivity contribution in [3.05, 3.63) is 23.8 Å². The van der Waals surface area contributed by atoms with Gasteiger partial charge in [0.1, 0.15) is 0 Å². The molecule has 7 nitrogen and oxygen atoms in total. The largest absolute Gasteiger partial charge is 0.417 e. The summed E-state index contributed by atoms with van der Waals surface area (Å²) in [6, 6.07) is 2.24. The normalized spacial score (nSPS) is 11.3. The number of tetrazole rings is 1. The number of H-pyrrole nitrogens is 1. The van der Waals surface area contributed by atoms with E-state index in [2.05, 4.69) is 25.9 Å². The zero-order valence-corrected chi connectivity index (χ0v) is 9.19. The SMILES string of the molecule is NC(=O)Nc1cccc(C(F)(F)F)c1-c1nn[nH]n1. The summed E-state index contributed by atoms with van der Waals surface area (Å²) in [5.74, 6) is -0.295. The summed E-state index contributed by atoms with van der Waals surface area (Å²) in [5, 5.41) is 14.3. The molecule has 1 aromatic heterocycles. The Morgan fingerprint density at radius 3 is 2.63 bits per heavy atom. The van der Waals surface area contributed by atoms with Crippen LogP contribution in [0.1, 0.15) is 5.56 Å². The van der Waals surface area contributed by atoms with Crippen molar-refractivity contribution >= 4 is 11.7 Å². The van der Waals surface area contributed by atoms with E-state index in [0.29, 0.717) is 0 Å². The number of nitrogens with zero attached hydrogens (tertiary/aromatic N) is 3. The number of amides is 2. The van der Waals surface area contributed by atoms with Gasteiger partial charge in [0, 0.05) is 0 Å². The summed E-state index contributed by atoms with van der Waals surface area (Å²) >= 11 is 0. The lowest BCUT2D eigenvalue weighted by Gasteiger charge is -2.14. The maximum absolute atomic E-state index is 12.9. The lowest BCUT2D eigenvalue weighted by atomic mass is 10.0. The average Bonchev–Trinajstić information content (AvgIpc) is 2.80. The Hall–Kier alpha value is -2.65. The van der Waals surface area contributed by atoms with Crippen LogP contribution >= 0.6 is 0 Å². The maximum atomic E-state index is 12.9. The van der Waals surface area contributed by atoms with E-state index in [1.165, 1.54) is 6.07 Å². The minimum Gasteiger partial charge on any atom is -0.351 e. The molecule has 0 bridgehead atoms. The molecule has 1 aromatic carbocycles. The first-order valence-electron chi connectivity index (χ1n) is 4.90. The standard InChI is InChI=1S/C9H7F3N6O/c10-9(11,12)4-2-1-3-5(14-8(13)19)6(4)7-15-17-18-16-7/h1-3H,(H3,13,14,19)(H,15,16,17,18). The van der Waals surface area contributed by atoms with Crippen LogP contribution in [0.3, 0.4) is 0 Å². The Labute approximate surface area is 104 Å². The number of halogens is 3. The van der Waals surface area contributed by atoms with Crippen molar-refractivity contribution in [3.8, 4) is 11.4 Å². The molecule has 0 fully saturated rings. The zero-order chi connectivity index (χ0) is 14.0. The molecule has 19 heavy (non-hydrogen) atoms. The number of carbonyl (C=O) groups is 1. The van der Waals surface area contributed by atoms with Gasteiger partial charge in [-0.15, -0.1) is 10.2 Å². The van der Waals surface area contributed by atoms with Gasteiger partial charge in [-0.1, -0.05) is 6.07 Å². The van der Waals surface area contributed by atoms with Crippen LogP contribution in [-0.4, -0.2) is 26.7 Å². The second-order valence-electron chi connectivity index (χ2n) is 3.45. The van der Waals surface area contributed by atoms with Crippen LogP contribution in [0.2, 0.25) is 0 Å². The third-order valence-electron chi connectivity index (χ3n) is 2.20. The molecule has 0 saturated heterocycles. The molecule has 0 atom stereocenters. The number of benzene rings is 1. The number of nitrogens with two attached hydrogens (primary N) is 1. The molecule has 0 radical (unpaired) electrons. The number of aromatic amines is 1. The van der Waals surface area contributed by atoms with Gasteiger partial charge in [0.2, 0.25) is 5.82 Å². The van der Waals surface area contributed by atoms with Gasteiger partial charge in [-0.2, -0.15) is 18.4 Å². The summed E-state index contributed by atoms with van der Waals surface area (Å²) in [6.45, 7) is 0. The van der Waals surface area contributed by atoms with Gasteiger partial charge in [0.25, 0.3) is 0 Å². The number of anilines is 1. The summed E-state index contributed by atoms with van der Waals surface area (Å²) < 4.78 is 38.8. The second kappa shape index (κ2) is 4.55. The molecule has 0 unspecified atom stereocenters. The molecule has 0 saturated carbocycles. The minimum absolute atomic E-state index is 0.149. The van der Waals surface area contributed by atoms with E-state index < -0.39 is 23.3 Å². The van der Waals surface area contributed by atoms with E-state index in [-0.39, 0.29) is 11.5 Å². The molecule has 10 heteroatoms. The fraction of sp³-hybridized carbons (Fsp3) is 0.111. The van der Waals surface area contributed by atoms with Gasteiger partial charge in [0.15, 0.2) is 0 Å². The highest BCUT2D eigenvalue weighted by molar-refractivity contribution is 5.93. The Bertz CT molecular complexity index is 594. The van der Waals surface area contributed by atoms with Gasteiger partial charge in [0.05, 0.1) is 16.8 Å². The fourth-order valence-electron chi connectivity index (χ4n) is 1.53. The second-order valence-corrected chi connectivity index (χ2v) is 3.45. The molecule has 0 aliphatic heterocycles. The van der Waals surface area contributed by atoms with Crippen LogP contribution in [0.5, 0.6) is 0 Å². The van der Waals surface area contributed by atoms with Gasteiger partial charge >= 0.3 is 12.2 Å². The Morgan fingerprint density at radius 1 is 1.37 bits per heavy atom. The Morgan fingerprint density at radius 2 is 2.11 bits per heavy atom. The number of nitrogens with one attached hydrogen (secondary N) is 2. The van der Waals surface area contributed by atoms with Gasteiger partial charge in [-0.3, -0.25) is 0 Å². The number of urea groups is 1. The van der Waals surface area contributed by atoms with Crippen LogP contribution in [0.15, 0.2) is 18.2 Å². The predicted molar refractivity (Wildman–Crippen MR) is 57.8 cm³/mol. The number of hydrogen-bond acceptors (Lipinski definition) is 4. The topological polar surface area (TPSA) is 110 Å². The molecule has 100 valence electrons. The Kier molecular flexibility index (Phi) is 3.07. The molecule has 1 heterocycles. The van der Waals surface area contributed by atoms with Crippen molar-refractivity contribution in [2.75, 3.05) is 5.32 Å².